The van der Waals surface area contributed by atoms with Crippen molar-refractivity contribution in [3.63, 3.8) is 0 Å². The summed E-state index contributed by atoms with van der Waals surface area (Å²) in [6.45, 7) is -0.0844. The summed E-state index contributed by atoms with van der Waals surface area (Å²) in [6, 6.07) is 9.89. The lowest BCUT2D eigenvalue weighted by molar-refractivity contribution is -0.116. The average Bonchev–Trinajstić information content (AvgIpc) is 3.05. The van der Waals surface area contributed by atoms with Crippen molar-refractivity contribution >= 4 is 40.7 Å². The van der Waals surface area contributed by atoms with Gasteiger partial charge in [0.05, 0.1) is 22.3 Å². The minimum atomic E-state index is -0.366. The van der Waals surface area contributed by atoms with E-state index in [0.717, 1.165) is 0 Å². The van der Waals surface area contributed by atoms with E-state index in [1.54, 1.807) is 30.3 Å². The molecule has 0 unspecified atom stereocenters. The summed E-state index contributed by atoms with van der Waals surface area (Å²) < 4.78 is 10.5. The van der Waals surface area contributed by atoms with Gasteiger partial charge in [0.15, 0.2) is 11.5 Å². The first kappa shape index (κ1) is 17.4. The van der Waals surface area contributed by atoms with Crippen molar-refractivity contribution < 1.29 is 19.1 Å². The minimum absolute atomic E-state index is 0.0583. The van der Waals surface area contributed by atoms with Crippen LogP contribution in [0.5, 0.6) is 11.5 Å². The molecule has 0 aliphatic carbocycles. The molecule has 0 bridgehead atoms. The number of ether oxygens (including phenoxy) is 2. The molecule has 1 aliphatic rings. The van der Waals surface area contributed by atoms with E-state index in [-0.39, 0.29) is 30.2 Å². The number of hydrogen-bond donors (Lipinski definition) is 1. The van der Waals surface area contributed by atoms with E-state index >= 15 is 0 Å². The van der Waals surface area contributed by atoms with Gasteiger partial charge >= 0.3 is 0 Å². The van der Waals surface area contributed by atoms with E-state index in [0.29, 0.717) is 27.8 Å². The van der Waals surface area contributed by atoms with Gasteiger partial charge in [-0.3, -0.25) is 9.59 Å². The van der Waals surface area contributed by atoms with Gasteiger partial charge in [-0.05, 0) is 24.3 Å². The van der Waals surface area contributed by atoms with Crippen LogP contribution in [0.2, 0.25) is 10.0 Å². The van der Waals surface area contributed by atoms with E-state index in [4.69, 9.17) is 32.7 Å². The van der Waals surface area contributed by atoms with Gasteiger partial charge in [0.2, 0.25) is 12.7 Å². The predicted octanol–water partition coefficient (Wildman–Crippen LogP) is 3.43. The Bertz CT molecular complexity index is 841. The summed E-state index contributed by atoms with van der Waals surface area (Å²) in [5.41, 5.74) is 0.795. The number of amides is 2. The molecule has 1 aliphatic heterocycles. The second-order valence-electron chi connectivity index (χ2n) is 5.38. The second kappa shape index (κ2) is 7.21. The highest BCUT2D eigenvalue weighted by Gasteiger charge is 2.23. The zero-order valence-corrected chi connectivity index (χ0v) is 14.7. The molecule has 8 heteroatoms. The fourth-order valence-electron chi connectivity index (χ4n) is 2.35. The molecule has 1 heterocycles. The van der Waals surface area contributed by atoms with Gasteiger partial charge in [-0.2, -0.15) is 0 Å². The van der Waals surface area contributed by atoms with Gasteiger partial charge in [-0.1, -0.05) is 35.3 Å². The Balaban J connectivity index is 1.68. The summed E-state index contributed by atoms with van der Waals surface area (Å²) in [5, 5.41) is 3.37. The summed E-state index contributed by atoms with van der Waals surface area (Å²) in [5.74, 6) is 0.0902. The minimum Gasteiger partial charge on any atom is -0.454 e. The van der Waals surface area contributed by atoms with Gasteiger partial charge in [0.25, 0.3) is 5.91 Å². The lowest BCUT2D eigenvalue weighted by Crippen LogP contribution is -2.35. The highest BCUT2D eigenvalue weighted by molar-refractivity contribution is 6.33. The van der Waals surface area contributed by atoms with Crippen LogP contribution in [0.4, 0.5) is 5.69 Å². The number of carbonyl (C=O) groups excluding carboxylic acids is 2. The Kier molecular flexibility index (Phi) is 5.01. The molecule has 2 aromatic rings. The van der Waals surface area contributed by atoms with Crippen molar-refractivity contribution in [2.45, 2.75) is 0 Å². The first-order valence-corrected chi connectivity index (χ1v) is 8.10. The van der Waals surface area contributed by atoms with Crippen molar-refractivity contribution in [2.24, 2.45) is 0 Å². The van der Waals surface area contributed by atoms with E-state index < -0.39 is 0 Å². The molecule has 0 radical (unpaired) electrons. The van der Waals surface area contributed by atoms with E-state index in [1.165, 1.54) is 18.0 Å². The lowest BCUT2D eigenvalue weighted by atomic mass is 10.1. The van der Waals surface area contributed by atoms with Crippen LogP contribution in [0.1, 0.15) is 10.4 Å². The number of hydrogen-bond acceptors (Lipinski definition) is 4. The number of para-hydroxylation sites is 1. The largest absolute Gasteiger partial charge is 0.454 e. The quantitative estimate of drug-likeness (QED) is 0.881. The third-order valence-electron chi connectivity index (χ3n) is 3.55. The van der Waals surface area contributed by atoms with Crippen LogP contribution < -0.4 is 14.8 Å². The van der Waals surface area contributed by atoms with Crippen molar-refractivity contribution in [3.8, 4) is 11.5 Å². The molecule has 0 spiro atoms. The average molecular weight is 381 g/mol. The zero-order chi connectivity index (χ0) is 18.0. The van der Waals surface area contributed by atoms with Crippen molar-refractivity contribution in [3.05, 3.63) is 52.0 Å². The number of fused-ring (bicyclic) bond motifs is 1. The maximum absolute atomic E-state index is 12.5. The van der Waals surface area contributed by atoms with Gasteiger partial charge in [-0.25, -0.2) is 0 Å². The molecule has 25 heavy (non-hydrogen) atoms. The molecule has 2 aromatic carbocycles. The summed E-state index contributed by atoms with van der Waals surface area (Å²) >= 11 is 12.1. The molecule has 3 rings (SSSR count). The predicted molar refractivity (Wildman–Crippen MR) is 94.6 cm³/mol. The van der Waals surface area contributed by atoms with Crippen LogP contribution >= 0.6 is 23.2 Å². The molecular formula is C17H14Cl2N2O4. The van der Waals surface area contributed by atoms with Crippen LogP contribution in [0.25, 0.3) is 0 Å². The fourth-order valence-corrected chi connectivity index (χ4v) is 2.80. The Hall–Kier alpha value is -2.44. The SMILES string of the molecule is CN(CC(=O)Nc1ccccc1Cl)C(=O)c1cc(Cl)c2c(c1)OCO2. The van der Waals surface area contributed by atoms with Crippen molar-refractivity contribution in [1.82, 2.24) is 4.90 Å². The highest BCUT2D eigenvalue weighted by Crippen LogP contribution is 2.39. The smallest absolute Gasteiger partial charge is 0.254 e. The highest BCUT2D eigenvalue weighted by atomic mass is 35.5. The van der Waals surface area contributed by atoms with Crippen LogP contribution in [-0.2, 0) is 4.79 Å². The lowest BCUT2D eigenvalue weighted by Gasteiger charge is -2.17. The molecule has 2 amide bonds. The number of likely N-dealkylation sites (N-methyl/N-ethyl adjacent to an activating group) is 1. The first-order chi connectivity index (χ1) is 12.0. The normalized spacial score (nSPS) is 12.0. The van der Waals surface area contributed by atoms with Gasteiger partial charge in [0, 0.05) is 12.6 Å². The number of benzene rings is 2. The molecule has 0 saturated heterocycles. The third-order valence-corrected chi connectivity index (χ3v) is 4.16. The van der Waals surface area contributed by atoms with Crippen molar-refractivity contribution in [2.75, 3.05) is 25.7 Å². The second-order valence-corrected chi connectivity index (χ2v) is 6.20. The maximum Gasteiger partial charge on any atom is 0.254 e. The Morgan fingerprint density at radius 2 is 1.92 bits per heavy atom. The first-order valence-electron chi connectivity index (χ1n) is 7.34. The third kappa shape index (κ3) is 3.81. The number of rotatable bonds is 4. The van der Waals surface area contributed by atoms with E-state index in [9.17, 15) is 9.59 Å². The molecule has 0 saturated carbocycles. The topological polar surface area (TPSA) is 67.9 Å². The fraction of sp³-hybridized carbons (Fsp3) is 0.176. The summed E-state index contributed by atoms with van der Waals surface area (Å²) in [4.78, 5) is 25.9. The Morgan fingerprint density at radius 1 is 1.16 bits per heavy atom. The standard InChI is InChI=1S/C17H14Cl2N2O4/c1-21(8-15(22)20-13-5-3-2-4-11(13)18)17(23)10-6-12(19)16-14(7-10)24-9-25-16/h2-7H,8-9H2,1H3,(H,20,22). The number of anilines is 1. The molecule has 1 N–H and O–H groups in total. The summed E-state index contributed by atoms with van der Waals surface area (Å²) in [7, 11) is 1.52. The molecule has 0 atom stereocenters. The molecule has 6 nitrogen and oxygen atoms in total. The molecular weight excluding hydrogens is 367 g/mol. The zero-order valence-electron chi connectivity index (χ0n) is 13.2. The molecule has 0 fully saturated rings. The van der Waals surface area contributed by atoms with Crippen LogP contribution in [-0.4, -0.2) is 37.1 Å². The number of nitrogens with one attached hydrogen (secondary N) is 1. The Labute approximate surface area is 154 Å². The van der Waals surface area contributed by atoms with E-state index in [2.05, 4.69) is 5.32 Å². The van der Waals surface area contributed by atoms with Crippen LogP contribution in [0, 0.1) is 0 Å². The van der Waals surface area contributed by atoms with Crippen LogP contribution in [0.3, 0.4) is 0 Å². The number of carbonyl (C=O) groups is 2. The summed E-state index contributed by atoms with van der Waals surface area (Å²) in [6.07, 6.45) is 0. The monoisotopic (exact) mass is 380 g/mol. The molecule has 130 valence electrons. The number of nitrogens with zero attached hydrogens (tertiary/aromatic N) is 1. The number of halogens is 2. The van der Waals surface area contributed by atoms with Crippen LogP contribution in [0.15, 0.2) is 36.4 Å². The van der Waals surface area contributed by atoms with E-state index in [1.807, 2.05) is 0 Å². The molecule has 0 aromatic heterocycles. The van der Waals surface area contributed by atoms with Crippen molar-refractivity contribution in [1.29, 1.82) is 0 Å². The van der Waals surface area contributed by atoms with Gasteiger partial charge in [0.1, 0.15) is 0 Å². The van der Waals surface area contributed by atoms with Gasteiger partial charge < -0.3 is 19.7 Å². The van der Waals surface area contributed by atoms with Gasteiger partial charge in [-0.15, -0.1) is 0 Å². The Morgan fingerprint density at radius 3 is 2.68 bits per heavy atom. The maximum atomic E-state index is 12.5.